The van der Waals surface area contributed by atoms with Crippen molar-refractivity contribution in [2.45, 2.75) is 70.8 Å². The van der Waals surface area contributed by atoms with Crippen molar-refractivity contribution in [3.8, 4) is 0 Å². The molecule has 0 bridgehead atoms. The van der Waals surface area contributed by atoms with Gasteiger partial charge in [0.15, 0.2) is 0 Å². The van der Waals surface area contributed by atoms with Crippen molar-refractivity contribution < 1.29 is 9.53 Å². The summed E-state index contributed by atoms with van der Waals surface area (Å²) in [6.07, 6.45) is 6.76. The Kier molecular flexibility index (Phi) is 6.51. The first-order valence-corrected chi connectivity index (χ1v) is 11.8. The van der Waals surface area contributed by atoms with Crippen LogP contribution in [0.4, 0.5) is 10.6 Å². The third kappa shape index (κ3) is 5.45. The Bertz CT molecular complexity index is 729. The molecule has 0 aromatic carbocycles. The third-order valence-electron chi connectivity index (χ3n) is 6.70. The number of fused-ring (bicyclic) bond motifs is 1. The fraction of sp³-hybridized carbons (Fsp3) is 0.750. The van der Waals surface area contributed by atoms with Gasteiger partial charge in [0.05, 0.1) is 0 Å². The normalized spacial score (nSPS) is 21.8. The Morgan fingerprint density at radius 1 is 1.13 bits per heavy atom. The summed E-state index contributed by atoms with van der Waals surface area (Å²) in [6, 6.07) is 4.55. The van der Waals surface area contributed by atoms with Crippen LogP contribution in [0.5, 0.6) is 0 Å². The maximum atomic E-state index is 12.3. The maximum absolute atomic E-state index is 12.3. The van der Waals surface area contributed by atoms with Gasteiger partial charge in [0.1, 0.15) is 11.4 Å². The lowest BCUT2D eigenvalue weighted by Gasteiger charge is -2.38. The molecule has 6 nitrogen and oxygen atoms in total. The molecule has 166 valence electrons. The van der Waals surface area contributed by atoms with Crippen LogP contribution in [-0.4, -0.2) is 65.7 Å². The van der Waals surface area contributed by atoms with E-state index in [4.69, 9.17) is 9.72 Å². The van der Waals surface area contributed by atoms with E-state index in [2.05, 4.69) is 22.3 Å². The van der Waals surface area contributed by atoms with Crippen LogP contribution >= 0.6 is 0 Å². The molecule has 1 aromatic rings. The monoisotopic (exact) mass is 414 g/mol. The van der Waals surface area contributed by atoms with Gasteiger partial charge in [-0.1, -0.05) is 6.07 Å². The number of likely N-dealkylation sites (tertiary alicyclic amines) is 2. The molecule has 3 aliphatic heterocycles. The number of carbonyl (C=O) groups excluding carboxylic acids is 1. The number of nitrogens with one attached hydrogen (secondary N) is 1. The number of ether oxygens (including phenoxy) is 1. The van der Waals surface area contributed by atoms with E-state index >= 15 is 0 Å². The molecule has 1 N–H and O–H groups in total. The zero-order valence-electron chi connectivity index (χ0n) is 19.0. The number of amides is 1. The summed E-state index contributed by atoms with van der Waals surface area (Å²) in [5, 5.41) is 3.47. The molecule has 0 atom stereocenters. The number of hydrogen-bond acceptors (Lipinski definition) is 5. The molecule has 0 radical (unpaired) electrons. The second-order valence-electron chi connectivity index (χ2n) is 10.3. The molecule has 4 rings (SSSR count). The molecule has 1 aromatic heterocycles. The lowest BCUT2D eigenvalue weighted by molar-refractivity contribution is 0.0166. The van der Waals surface area contributed by atoms with E-state index in [0.717, 1.165) is 64.3 Å². The number of piperidine rings is 2. The maximum Gasteiger partial charge on any atom is 0.410 e. The lowest BCUT2D eigenvalue weighted by atomic mass is 9.90. The number of pyridine rings is 1. The number of nitrogens with zero attached hydrogens (tertiary/aromatic N) is 3. The molecule has 2 fully saturated rings. The Morgan fingerprint density at radius 2 is 1.87 bits per heavy atom. The van der Waals surface area contributed by atoms with E-state index in [9.17, 15) is 4.79 Å². The molecule has 6 heteroatoms. The standard InChI is InChI=1S/C24H38N4O2/c1-24(2,3)30-23(29)28-15-8-18(9-16-28)17-27-13-10-19(11-14-27)21-7-6-20-5-4-12-25-22(20)26-21/h6-7,18-19H,4-5,8-17H2,1-3H3,(H,25,26). The minimum atomic E-state index is -0.415. The highest BCUT2D eigenvalue weighted by Gasteiger charge is 2.29. The average Bonchev–Trinajstić information content (AvgIpc) is 2.73. The first-order valence-electron chi connectivity index (χ1n) is 11.8. The molecule has 0 spiro atoms. The van der Waals surface area contributed by atoms with Crippen molar-refractivity contribution in [3.05, 3.63) is 23.4 Å². The molecule has 0 saturated carbocycles. The highest BCUT2D eigenvalue weighted by atomic mass is 16.6. The zero-order chi connectivity index (χ0) is 21.1. The van der Waals surface area contributed by atoms with Gasteiger partial charge in [0.25, 0.3) is 0 Å². The number of aryl methyl sites for hydroxylation is 1. The number of aromatic nitrogens is 1. The largest absolute Gasteiger partial charge is 0.444 e. The van der Waals surface area contributed by atoms with E-state index in [1.807, 2.05) is 25.7 Å². The van der Waals surface area contributed by atoms with Gasteiger partial charge in [0, 0.05) is 37.8 Å². The van der Waals surface area contributed by atoms with Crippen LogP contribution in [0, 0.1) is 5.92 Å². The fourth-order valence-electron chi connectivity index (χ4n) is 4.97. The van der Waals surface area contributed by atoms with Crippen molar-refractivity contribution >= 4 is 11.9 Å². The van der Waals surface area contributed by atoms with Gasteiger partial charge in [-0.15, -0.1) is 0 Å². The van der Waals surface area contributed by atoms with Crippen LogP contribution in [0.2, 0.25) is 0 Å². The predicted octanol–water partition coefficient (Wildman–Crippen LogP) is 4.27. The van der Waals surface area contributed by atoms with Gasteiger partial charge in [0.2, 0.25) is 0 Å². The van der Waals surface area contributed by atoms with E-state index in [1.54, 1.807) is 0 Å². The van der Waals surface area contributed by atoms with Crippen LogP contribution in [0.15, 0.2) is 12.1 Å². The van der Waals surface area contributed by atoms with Crippen LogP contribution in [0.3, 0.4) is 0 Å². The summed E-state index contributed by atoms with van der Waals surface area (Å²) in [6.45, 7) is 11.9. The van der Waals surface area contributed by atoms with Crippen LogP contribution < -0.4 is 5.32 Å². The van der Waals surface area contributed by atoms with Gasteiger partial charge in [-0.25, -0.2) is 9.78 Å². The Balaban J connectivity index is 1.21. The first kappa shape index (κ1) is 21.4. The van der Waals surface area contributed by atoms with E-state index in [0.29, 0.717) is 11.8 Å². The quantitative estimate of drug-likeness (QED) is 0.801. The summed E-state index contributed by atoms with van der Waals surface area (Å²) in [4.78, 5) is 21.7. The molecule has 0 aliphatic carbocycles. The average molecular weight is 415 g/mol. The number of hydrogen-bond donors (Lipinski definition) is 1. The van der Waals surface area contributed by atoms with Gasteiger partial charge >= 0.3 is 6.09 Å². The Morgan fingerprint density at radius 3 is 2.57 bits per heavy atom. The summed E-state index contributed by atoms with van der Waals surface area (Å²) >= 11 is 0. The summed E-state index contributed by atoms with van der Waals surface area (Å²) in [5.74, 6) is 2.40. The fourth-order valence-corrected chi connectivity index (χ4v) is 4.97. The Hall–Kier alpha value is -1.82. The van der Waals surface area contributed by atoms with Crippen LogP contribution in [0.1, 0.15) is 70.1 Å². The van der Waals surface area contributed by atoms with Gasteiger partial charge < -0.3 is 19.9 Å². The topological polar surface area (TPSA) is 57.7 Å². The van der Waals surface area contributed by atoms with Crippen molar-refractivity contribution in [1.82, 2.24) is 14.8 Å². The summed E-state index contributed by atoms with van der Waals surface area (Å²) < 4.78 is 5.52. The molecular formula is C24H38N4O2. The zero-order valence-corrected chi connectivity index (χ0v) is 19.0. The molecule has 3 aliphatic rings. The van der Waals surface area contributed by atoms with Crippen LogP contribution in [0.25, 0.3) is 0 Å². The number of carbonyl (C=O) groups is 1. The second kappa shape index (κ2) is 9.13. The smallest absolute Gasteiger partial charge is 0.410 e. The van der Waals surface area contributed by atoms with Crippen LogP contribution in [-0.2, 0) is 11.2 Å². The molecular weight excluding hydrogens is 376 g/mol. The van der Waals surface area contributed by atoms with Crippen molar-refractivity contribution in [2.24, 2.45) is 5.92 Å². The molecule has 4 heterocycles. The van der Waals surface area contributed by atoms with Crippen molar-refractivity contribution in [2.75, 3.05) is 44.6 Å². The minimum absolute atomic E-state index is 0.159. The predicted molar refractivity (Wildman–Crippen MR) is 120 cm³/mol. The summed E-state index contributed by atoms with van der Waals surface area (Å²) in [5.41, 5.74) is 2.23. The minimum Gasteiger partial charge on any atom is -0.444 e. The third-order valence-corrected chi connectivity index (χ3v) is 6.70. The van der Waals surface area contributed by atoms with E-state index < -0.39 is 5.60 Å². The van der Waals surface area contributed by atoms with E-state index in [1.165, 1.54) is 30.5 Å². The van der Waals surface area contributed by atoms with Crippen molar-refractivity contribution in [1.29, 1.82) is 0 Å². The number of anilines is 1. The van der Waals surface area contributed by atoms with Crippen molar-refractivity contribution in [3.63, 3.8) is 0 Å². The number of rotatable bonds is 3. The van der Waals surface area contributed by atoms with E-state index in [-0.39, 0.29) is 6.09 Å². The van der Waals surface area contributed by atoms with Gasteiger partial charge in [-0.3, -0.25) is 0 Å². The second-order valence-corrected chi connectivity index (χ2v) is 10.3. The molecule has 0 unspecified atom stereocenters. The highest BCUT2D eigenvalue weighted by molar-refractivity contribution is 5.68. The Labute approximate surface area is 181 Å². The lowest BCUT2D eigenvalue weighted by Crippen LogP contribution is -2.44. The molecule has 1 amide bonds. The summed E-state index contributed by atoms with van der Waals surface area (Å²) in [7, 11) is 0. The SMILES string of the molecule is CC(C)(C)OC(=O)N1CCC(CN2CCC(c3ccc4c(n3)NCCC4)CC2)CC1. The van der Waals surface area contributed by atoms with Gasteiger partial charge in [-0.2, -0.15) is 0 Å². The molecule has 30 heavy (non-hydrogen) atoms. The first-order chi connectivity index (χ1) is 14.4. The van der Waals surface area contributed by atoms with Gasteiger partial charge in [-0.05, 0) is 89.9 Å². The highest BCUT2D eigenvalue weighted by Crippen LogP contribution is 2.31. The molecule has 2 saturated heterocycles.